The molecule has 2 aliphatic rings. The van der Waals surface area contributed by atoms with Gasteiger partial charge in [-0.3, -0.25) is 9.69 Å². The van der Waals surface area contributed by atoms with E-state index in [1.54, 1.807) is 0 Å². The van der Waals surface area contributed by atoms with Crippen LogP contribution in [0.15, 0.2) is 0 Å². The summed E-state index contributed by atoms with van der Waals surface area (Å²) in [7, 11) is 0. The van der Waals surface area contributed by atoms with E-state index in [0.29, 0.717) is 32.5 Å². The van der Waals surface area contributed by atoms with Crippen LogP contribution in [0.4, 0.5) is 13.2 Å². The first-order chi connectivity index (χ1) is 9.42. The van der Waals surface area contributed by atoms with Gasteiger partial charge >= 0.3 is 6.18 Å². The first-order valence-corrected chi connectivity index (χ1v) is 7.21. The molecule has 0 radical (unpaired) electrons. The van der Waals surface area contributed by atoms with Crippen LogP contribution in [-0.2, 0) is 4.79 Å². The predicted octanol–water partition coefficient (Wildman–Crippen LogP) is 1.13. The summed E-state index contributed by atoms with van der Waals surface area (Å²) < 4.78 is 36.7. The number of hydrogen-bond donors (Lipinski definition) is 2. The summed E-state index contributed by atoms with van der Waals surface area (Å²) in [5.74, 6) is 0.674. The van der Waals surface area contributed by atoms with Gasteiger partial charge in [0.15, 0.2) is 0 Å². The van der Waals surface area contributed by atoms with Crippen LogP contribution in [0.1, 0.15) is 25.7 Å². The molecule has 116 valence electrons. The van der Waals surface area contributed by atoms with Crippen molar-refractivity contribution in [1.29, 1.82) is 0 Å². The molecule has 2 rings (SSSR count). The molecule has 7 heteroatoms. The number of halogens is 3. The summed E-state index contributed by atoms with van der Waals surface area (Å²) in [6, 6.07) is 0.00899. The molecule has 0 bridgehead atoms. The van der Waals surface area contributed by atoms with Crippen LogP contribution in [0.25, 0.3) is 0 Å². The summed E-state index contributed by atoms with van der Waals surface area (Å²) in [5, 5.41) is 5.99. The summed E-state index contributed by atoms with van der Waals surface area (Å²) in [5.41, 5.74) is 0. The normalized spacial score (nSPS) is 21.9. The number of piperidine rings is 1. The molecule has 0 atom stereocenters. The molecular weight excluding hydrogens is 271 g/mol. The highest BCUT2D eigenvalue weighted by molar-refractivity contribution is 5.78. The average molecular weight is 293 g/mol. The van der Waals surface area contributed by atoms with Gasteiger partial charge in [0.25, 0.3) is 0 Å². The molecule has 2 N–H and O–H groups in total. The molecule has 20 heavy (non-hydrogen) atoms. The van der Waals surface area contributed by atoms with E-state index >= 15 is 0 Å². The van der Waals surface area contributed by atoms with E-state index in [-0.39, 0.29) is 11.9 Å². The zero-order chi connectivity index (χ0) is 14.6. The van der Waals surface area contributed by atoms with Crippen molar-refractivity contribution < 1.29 is 18.0 Å². The van der Waals surface area contributed by atoms with Crippen LogP contribution in [0.2, 0.25) is 0 Å². The molecule has 1 saturated heterocycles. The summed E-state index contributed by atoms with van der Waals surface area (Å²) in [6.07, 6.45) is -0.476. The molecule has 2 fully saturated rings. The number of hydrogen-bond acceptors (Lipinski definition) is 3. The number of nitrogens with one attached hydrogen (secondary N) is 2. The van der Waals surface area contributed by atoms with E-state index in [9.17, 15) is 18.0 Å². The largest absolute Gasteiger partial charge is 0.401 e. The van der Waals surface area contributed by atoms with Crippen LogP contribution < -0.4 is 10.6 Å². The lowest BCUT2D eigenvalue weighted by atomic mass is 10.1. The van der Waals surface area contributed by atoms with Gasteiger partial charge < -0.3 is 10.6 Å². The van der Waals surface area contributed by atoms with E-state index in [4.69, 9.17) is 0 Å². The van der Waals surface area contributed by atoms with Gasteiger partial charge in [-0.05, 0) is 38.1 Å². The summed E-state index contributed by atoms with van der Waals surface area (Å²) in [6.45, 7) is 1.12. The van der Waals surface area contributed by atoms with Gasteiger partial charge in [-0.25, -0.2) is 0 Å². The monoisotopic (exact) mass is 293 g/mol. The second-order valence-electron chi connectivity index (χ2n) is 5.81. The third-order valence-corrected chi connectivity index (χ3v) is 3.77. The quantitative estimate of drug-likeness (QED) is 0.771. The van der Waals surface area contributed by atoms with Crippen molar-refractivity contribution in [1.82, 2.24) is 15.5 Å². The Hall–Kier alpha value is -0.820. The SMILES string of the molecule is O=C(CNCC1CC1)NC1CCN(CC(F)(F)F)CC1. The highest BCUT2D eigenvalue weighted by atomic mass is 19.4. The van der Waals surface area contributed by atoms with Gasteiger partial charge in [0.1, 0.15) is 0 Å². The number of nitrogens with zero attached hydrogens (tertiary/aromatic N) is 1. The molecule has 1 aliphatic carbocycles. The Labute approximate surface area is 117 Å². The van der Waals surface area contributed by atoms with Crippen LogP contribution in [-0.4, -0.2) is 55.7 Å². The topological polar surface area (TPSA) is 44.4 Å². The van der Waals surface area contributed by atoms with E-state index in [2.05, 4.69) is 10.6 Å². The van der Waals surface area contributed by atoms with Crippen LogP contribution in [0, 0.1) is 5.92 Å². The lowest BCUT2D eigenvalue weighted by Crippen LogP contribution is -2.48. The summed E-state index contributed by atoms with van der Waals surface area (Å²) in [4.78, 5) is 13.1. The molecule has 0 aromatic heterocycles. The van der Waals surface area contributed by atoms with Crippen molar-refractivity contribution >= 4 is 5.91 Å². The number of likely N-dealkylation sites (tertiary alicyclic amines) is 1. The second kappa shape index (κ2) is 6.76. The fourth-order valence-electron chi connectivity index (χ4n) is 2.48. The van der Waals surface area contributed by atoms with Gasteiger partial charge in [0.05, 0.1) is 13.1 Å². The van der Waals surface area contributed by atoms with Crippen LogP contribution in [0.5, 0.6) is 0 Å². The molecule has 1 amide bonds. The Morgan fingerprint density at radius 3 is 2.35 bits per heavy atom. The predicted molar refractivity (Wildman–Crippen MR) is 69.3 cm³/mol. The van der Waals surface area contributed by atoms with Crippen molar-refractivity contribution in [3.8, 4) is 0 Å². The van der Waals surface area contributed by atoms with Gasteiger partial charge in [0, 0.05) is 19.1 Å². The number of alkyl halides is 3. The first-order valence-electron chi connectivity index (χ1n) is 7.21. The van der Waals surface area contributed by atoms with Crippen molar-refractivity contribution in [2.45, 2.75) is 37.9 Å². The lowest BCUT2D eigenvalue weighted by molar-refractivity contribution is -0.148. The van der Waals surface area contributed by atoms with E-state index in [0.717, 1.165) is 12.5 Å². The fraction of sp³-hybridized carbons (Fsp3) is 0.923. The fourth-order valence-corrected chi connectivity index (χ4v) is 2.48. The Morgan fingerprint density at radius 2 is 1.80 bits per heavy atom. The minimum absolute atomic E-state index is 0.00899. The zero-order valence-corrected chi connectivity index (χ0v) is 11.5. The maximum Gasteiger partial charge on any atom is 0.401 e. The van der Waals surface area contributed by atoms with E-state index in [1.165, 1.54) is 17.7 Å². The number of carbonyl (C=O) groups excluding carboxylic acids is 1. The van der Waals surface area contributed by atoms with E-state index < -0.39 is 12.7 Å². The van der Waals surface area contributed by atoms with Crippen molar-refractivity contribution in [2.75, 3.05) is 32.7 Å². The van der Waals surface area contributed by atoms with Gasteiger partial charge in [0.2, 0.25) is 5.91 Å². The lowest BCUT2D eigenvalue weighted by Gasteiger charge is -2.32. The Kier molecular flexibility index (Phi) is 5.26. The Balaban J connectivity index is 1.57. The minimum atomic E-state index is -4.14. The Bertz CT molecular complexity index is 323. The maximum absolute atomic E-state index is 12.2. The molecule has 1 saturated carbocycles. The third-order valence-electron chi connectivity index (χ3n) is 3.77. The van der Waals surface area contributed by atoms with E-state index in [1.807, 2.05) is 0 Å². The number of amides is 1. The number of rotatable bonds is 6. The smallest absolute Gasteiger partial charge is 0.352 e. The molecule has 4 nitrogen and oxygen atoms in total. The van der Waals surface area contributed by atoms with Crippen LogP contribution >= 0.6 is 0 Å². The van der Waals surface area contributed by atoms with Gasteiger partial charge in [-0.2, -0.15) is 13.2 Å². The average Bonchev–Trinajstić information content (AvgIpc) is 3.14. The van der Waals surface area contributed by atoms with Crippen molar-refractivity contribution in [3.05, 3.63) is 0 Å². The molecule has 0 aromatic carbocycles. The highest BCUT2D eigenvalue weighted by Crippen LogP contribution is 2.27. The number of carbonyl (C=O) groups is 1. The van der Waals surface area contributed by atoms with Crippen molar-refractivity contribution in [3.63, 3.8) is 0 Å². The second-order valence-corrected chi connectivity index (χ2v) is 5.81. The van der Waals surface area contributed by atoms with Crippen LogP contribution in [0.3, 0.4) is 0 Å². The standard InChI is InChI=1S/C13H22F3N3O/c14-13(15,16)9-19-5-3-11(4-6-19)18-12(20)8-17-7-10-1-2-10/h10-11,17H,1-9H2,(H,18,20). The highest BCUT2D eigenvalue weighted by Gasteiger charge is 2.32. The van der Waals surface area contributed by atoms with Crippen molar-refractivity contribution in [2.24, 2.45) is 5.92 Å². The molecule has 0 aromatic rings. The molecule has 1 aliphatic heterocycles. The summed E-state index contributed by atoms with van der Waals surface area (Å²) >= 11 is 0. The third kappa shape index (κ3) is 6.09. The molecule has 1 heterocycles. The Morgan fingerprint density at radius 1 is 1.15 bits per heavy atom. The molecule has 0 unspecified atom stereocenters. The maximum atomic E-state index is 12.2. The van der Waals surface area contributed by atoms with Gasteiger partial charge in [-0.15, -0.1) is 0 Å². The zero-order valence-electron chi connectivity index (χ0n) is 11.5. The minimum Gasteiger partial charge on any atom is -0.352 e. The molecular formula is C13H22F3N3O. The first kappa shape index (κ1) is 15.6. The molecule has 0 spiro atoms. The van der Waals surface area contributed by atoms with Gasteiger partial charge in [-0.1, -0.05) is 0 Å².